The molecule has 0 bridgehead atoms. The summed E-state index contributed by atoms with van der Waals surface area (Å²) in [4.78, 5) is 42.4. The Morgan fingerprint density at radius 1 is 1.17 bits per heavy atom. The summed E-state index contributed by atoms with van der Waals surface area (Å²) in [5.41, 5.74) is 0.0645. The van der Waals surface area contributed by atoms with E-state index in [1.165, 1.54) is 12.3 Å². The average molecular weight is 462 g/mol. The number of nitrogens with one attached hydrogen (secondary N) is 1. The summed E-state index contributed by atoms with van der Waals surface area (Å²) in [5, 5.41) is 12.3. The largest absolute Gasteiger partial charge is 0.478 e. The van der Waals surface area contributed by atoms with Gasteiger partial charge in [-0.25, -0.2) is 9.78 Å². The second-order valence-electron chi connectivity index (χ2n) is 7.55. The van der Waals surface area contributed by atoms with Crippen LogP contribution in [0.1, 0.15) is 48.4 Å². The molecule has 154 valence electrons. The number of aromatic carboxylic acids is 1. The van der Waals surface area contributed by atoms with Gasteiger partial charge in [0.05, 0.1) is 18.4 Å². The number of halogens is 1. The van der Waals surface area contributed by atoms with E-state index >= 15 is 0 Å². The first-order valence-corrected chi connectivity index (χ1v) is 9.90. The van der Waals surface area contributed by atoms with Crippen molar-refractivity contribution in [3.8, 4) is 0 Å². The summed E-state index contributed by atoms with van der Waals surface area (Å²) in [6.45, 7) is 7.74. The van der Waals surface area contributed by atoms with Crippen LogP contribution in [0.15, 0.2) is 41.0 Å². The van der Waals surface area contributed by atoms with E-state index < -0.39 is 11.4 Å². The van der Waals surface area contributed by atoms with Gasteiger partial charge in [-0.1, -0.05) is 36.7 Å². The molecule has 1 aromatic carbocycles. The lowest BCUT2D eigenvalue weighted by Crippen LogP contribution is -2.37. The number of nitrogens with zero attached hydrogens (tertiary/aromatic N) is 2. The number of aromatic nitrogens is 1. The highest BCUT2D eigenvalue weighted by molar-refractivity contribution is 9.10. The Labute approximate surface area is 178 Å². The van der Waals surface area contributed by atoms with Crippen molar-refractivity contribution in [3.63, 3.8) is 0 Å². The highest BCUT2D eigenvalue weighted by Gasteiger charge is 2.26. The number of Topliss-reactive ketones (excluding diaryl/α,β-unsaturated/α-hetero) is 1. The summed E-state index contributed by atoms with van der Waals surface area (Å²) >= 11 is 3.31. The first-order chi connectivity index (χ1) is 13.5. The topological polar surface area (TPSA) is 99.6 Å². The molecule has 2 N–H and O–H groups in total. The van der Waals surface area contributed by atoms with E-state index in [1.807, 2.05) is 27.7 Å². The van der Waals surface area contributed by atoms with Crippen molar-refractivity contribution in [3.05, 3.63) is 52.1 Å². The third-order valence-electron chi connectivity index (χ3n) is 4.31. The quantitative estimate of drug-likeness (QED) is 0.639. The number of likely N-dealkylation sites (N-methyl/N-ethyl adjacent to an activating group) is 1. The molecule has 0 aliphatic carbocycles. The van der Waals surface area contributed by atoms with Gasteiger partial charge < -0.3 is 15.3 Å². The molecule has 1 aromatic heterocycles. The van der Waals surface area contributed by atoms with Crippen LogP contribution in [0.4, 0.5) is 11.5 Å². The third-order valence-corrected chi connectivity index (χ3v) is 4.84. The Kier molecular flexibility index (Phi) is 7.13. The Bertz CT molecular complexity index is 921. The SMILES string of the molecule is CCN(CC(=O)C(C)(C)C)c1ncc(NC(=O)c2ccc(Br)cc2)cc1C(=O)O. The van der Waals surface area contributed by atoms with Gasteiger partial charge in [-0.05, 0) is 37.3 Å². The molecule has 0 saturated carbocycles. The van der Waals surface area contributed by atoms with Crippen LogP contribution >= 0.6 is 15.9 Å². The average Bonchev–Trinajstić information content (AvgIpc) is 2.65. The molecule has 1 heterocycles. The molecule has 8 heteroatoms. The minimum atomic E-state index is -1.19. The van der Waals surface area contributed by atoms with Gasteiger partial charge in [-0.15, -0.1) is 0 Å². The predicted molar refractivity (Wildman–Crippen MR) is 116 cm³/mol. The molecule has 0 fully saturated rings. The van der Waals surface area contributed by atoms with Crippen LogP contribution in [-0.4, -0.2) is 40.8 Å². The van der Waals surface area contributed by atoms with Crippen molar-refractivity contribution in [1.82, 2.24) is 4.98 Å². The fourth-order valence-electron chi connectivity index (χ4n) is 2.49. The van der Waals surface area contributed by atoms with Gasteiger partial charge >= 0.3 is 5.97 Å². The minimum Gasteiger partial charge on any atom is -0.478 e. The number of hydrogen-bond donors (Lipinski definition) is 2. The van der Waals surface area contributed by atoms with Crippen molar-refractivity contribution in [2.45, 2.75) is 27.7 Å². The van der Waals surface area contributed by atoms with Crippen LogP contribution in [0.5, 0.6) is 0 Å². The van der Waals surface area contributed by atoms with Crippen LogP contribution in [-0.2, 0) is 4.79 Å². The van der Waals surface area contributed by atoms with Gasteiger partial charge in [0.1, 0.15) is 11.4 Å². The Hall–Kier alpha value is -2.74. The number of anilines is 2. The Morgan fingerprint density at radius 3 is 2.31 bits per heavy atom. The van der Waals surface area contributed by atoms with Crippen LogP contribution < -0.4 is 10.2 Å². The van der Waals surface area contributed by atoms with Crippen LogP contribution in [0.25, 0.3) is 0 Å². The lowest BCUT2D eigenvalue weighted by atomic mass is 9.90. The van der Waals surface area contributed by atoms with Crippen molar-refractivity contribution < 1.29 is 19.5 Å². The van der Waals surface area contributed by atoms with Crippen LogP contribution in [0.3, 0.4) is 0 Å². The number of rotatable bonds is 7. The van der Waals surface area contributed by atoms with Crippen molar-refractivity contribution >= 4 is 45.1 Å². The predicted octanol–water partition coefficient (Wildman–Crippen LogP) is 4.24. The maximum absolute atomic E-state index is 12.4. The maximum Gasteiger partial charge on any atom is 0.339 e. The molecule has 0 spiro atoms. The lowest BCUT2D eigenvalue weighted by molar-refractivity contribution is -0.124. The number of hydrogen-bond acceptors (Lipinski definition) is 5. The fraction of sp³-hybridized carbons (Fsp3) is 0.333. The van der Waals surface area contributed by atoms with Gasteiger partial charge in [0, 0.05) is 22.0 Å². The standard InChI is InChI=1S/C21H24BrN3O4/c1-5-25(12-17(26)21(2,3)4)18-16(20(28)29)10-15(11-23-18)24-19(27)13-6-8-14(22)9-7-13/h6-11H,5,12H2,1-4H3,(H,24,27)(H,28,29). The number of carbonyl (C=O) groups excluding carboxylic acids is 2. The van der Waals surface area contributed by atoms with Gasteiger partial charge in [0.15, 0.2) is 5.78 Å². The summed E-state index contributed by atoms with van der Waals surface area (Å²) < 4.78 is 0.845. The Morgan fingerprint density at radius 2 is 1.79 bits per heavy atom. The number of ketones is 1. The molecule has 0 unspecified atom stereocenters. The molecule has 29 heavy (non-hydrogen) atoms. The van der Waals surface area contributed by atoms with Crippen molar-refractivity contribution in [2.75, 3.05) is 23.3 Å². The molecule has 2 aromatic rings. The molecule has 2 rings (SSSR count). The number of carboxylic acid groups (broad SMARTS) is 1. The van der Waals surface area contributed by atoms with Crippen LogP contribution in [0.2, 0.25) is 0 Å². The summed E-state index contributed by atoms with van der Waals surface area (Å²) in [7, 11) is 0. The zero-order chi connectivity index (χ0) is 21.8. The van der Waals surface area contributed by atoms with Crippen LogP contribution in [0, 0.1) is 5.41 Å². The summed E-state index contributed by atoms with van der Waals surface area (Å²) in [6.07, 6.45) is 1.39. The molecule has 0 aliphatic heterocycles. The summed E-state index contributed by atoms with van der Waals surface area (Å²) in [5.74, 6) is -1.39. The highest BCUT2D eigenvalue weighted by Crippen LogP contribution is 2.24. The zero-order valence-electron chi connectivity index (χ0n) is 16.8. The van der Waals surface area contributed by atoms with Gasteiger partial charge in [0.25, 0.3) is 5.91 Å². The van der Waals surface area contributed by atoms with Crippen molar-refractivity contribution in [2.24, 2.45) is 5.41 Å². The van der Waals surface area contributed by atoms with E-state index in [4.69, 9.17) is 0 Å². The van der Waals surface area contributed by atoms with Crippen molar-refractivity contribution in [1.29, 1.82) is 0 Å². The second-order valence-corrected chi connectivity index (χ2v) is 8.46. The van der Waals surface area contributed by atoms with E-state index in [9.17, 15) is 19.5 Å². The smallest absolute Gasteiger partial charge is 0.339 e. The molecular weight excluding hydrogens is 438 g/mol. The normalized spacial score (nSPS) is 11.1. The van der Waals surface area contributed by atoms with E-state index in [-0.39, 0.29) is 35.3 Å². The maximum atomic E-state index is 12.4. The van der Waals surface area contributed by atoms with Gasteiger partial charge in [0.2, 0.25) is 0 Å². The van der Waals surface area contributed by atoms with E-state index in [0.717, 1.165) is 4.47 Å². The first-order valence-electron chi connectivity index (χ1n) is 9.11. The molecule has 1 amide bonds. The molecular formula is C21H24BrN3O4. The molecule has 0 atom stereocenters. The number of amides is 1. The minimum absolute atomic E-state index is 0.0230. The third kappa shape index (κ3) is 5.87. The number of carbonyl (C=O) groups is 3. The first kappa shape index (κ1) is 22.5. The van der Waals surface area contributed by atoms with Gasteiger partial charge in [-0.2, -0.15) is 0 Å². The fourth-order valence-corrected chi connectivity index (χ4v) is 2.75. The Balaban J connectivity index is 2.29. The number of carboxylic acids is 1. The molecule has 0 aliphatic rings. The van der Waals surface area contributed by atoms with E-state index in [0.29, 0.717) is 12.1 Å². The molecule has 0 saturated heterocycles. The molecule has 7 nitrogen and oxygen atoms in total. The monoisotopic (exact) mass is 461 g/mol. The second kappa shape index (κ2) is 9.17. The summed E-state index contributed by atoms with van der Waals surface area (Å²) in [6, 6.07) is 8.13. The van der Waals surface area contributed by atoms with E-state index in [1.54, 1.807) is 29.2 Å². The number of benzene rings is 1. The van der Waals surface area contributed by atoms with E-state index in [2.05, 4.69) is 26.2 Å². The zero-order valence-corrected chi connectivity index (χ0v) is 18.4. The highest BCUT2D eigenvalue weighted by atomic mass is 79.9. The lowest BCUT2D eigenvalue weighted by Gasteiger charge is -2.26. The number of pyridine rings is 1. The van der Waals surface area contributed by atoms with Gasteiger partial charge in [-0.3, -0.25) is 9.59 Å². The molecule has 0 radical (unpaired) electrons.